The number of alkyl halides is 3. The molecule has 1 aliphatic rings. The maximum atomic E-state index is 13.7. The average Bonchev–Trinajstić information content (AvgIpc) is 3.07. The molecule has 5 nitrogen and oxygen atoms in total. The number of carbonyl (C=O) groups is 2. The second-order valence-electron chi connectivity index (χ2n) is 12.9. The highest BCUT2D eigenvalue weighted by Crippen LogP contribution is 2.37. The molecule has 0 aromatic heterocycles. The van der Waals surface area contributed by atoms with Gasteiger partial charge in [0.05, 0.1) is 17.2 Å². The van der Waals surface area contributed by atoms with Gasteiger partial charge >= 0.3 is 6.18 Å². The Morgan fingerprint density at radius 3 is 2.26 bits per heavy atom. The van der Waals surface area contributed by atoms with Crippen LogP contribution < -0.4 is 5.32 Å². The number of nitrogens with one attached hydrogen (secondary N) is 1. The highest BCUT2D eigenvalue weighted by atomic mass is 19.4. The summed E-state index contributed by atoms with van der Waals surface area (Å²) in [5.41, 5.74) is -0.107. The van der Waals surface area contributed by atoms with Crippen LogP contribution in [-0.4, -0.2) is 28.8 Å². The molecule has 250 valence electrons. The summed E-state index contributed by atoms with van der Waals surface area (Å²) in [5.74, 6) is -0.512. The van der Waals surface area contributed by atoms with E-state index in [2.05, 4.69) is 17.4 Å². The summed E-state index contributed by atoms with van der Waals surface area (Å²) in [6.45, 7) is 1.26. The van der Waals surface area contributed by atoms with E-state index in [1.165, 1.54) is 11.6 Å². The van der Waals surface area contributed by atoms with E-state index in [1.54, 1.807) is 6.07 Å². The number of unbranched alkanes of at least 4 members (excludes halogenated alkanes) is 1. The quantitative estimate of drug-likeness (QED) is 0.145. The summed E-state index contributed by atoms with van der Waals surface area (Å²) in [4.78, 5) is 26.1. The number of nitrogens with zero attached hydrogens (tertiary/aromatic N) is 1. The van der Waals surface area contributed by atoms with E-state index in [4.69, 9.17) is 5.26 Å². The first-order valence-corrected chi connectivity index (χ1v) is 16.8. The molecular weight excluding hydrogens is 601 g/mol. The van der Waals surface area contributed by atoms with E-state index in [0.29, 0.717) is 38.8 Å². The number of hydrogen-bond donors (Lipinski definition) is 2. The van der Waals surface area contributed by atoms with Crippen molar-refractivity contribution in [3.63, 3.8) is 0 Å². The van der Waals surface area contributed by atoms with Crippen LogP contribution in [0.2, 0.25) is 0 Å². The lowest BCUT2D eigenvalue weighted by Gasteiger charge is -2.37. The Hall–Kier alpha value is -3.80. The SMILES string of the molecule is N#Cc1ccc(CC(=O)C(O)(Cc2cccc(CNCCCC(=O)CCCCc3ccccc3)c2)C2CCCCC2)cc1C(F)(F)F. The van der Waals surface area contributed by atoms with E-state index in [0.717, 1.165) is 68.2 Å². The maximum absolute atomic E-state index is 13.7. The number of carbonyl (C=O) groups excluding carboxylic acids is 2. The zero-order chi connectivity index (χ0) is 33.7. The fourth-order valence-corrected chi connectivity index (χ4v) is 6.65. The number of aliphatic hydroxyl groups is 1. The molecule has 3 aromatic rings. The van der Waals surface area contributed by atoms with E-state index in [9.17, 15) is 27.9 Å². The van der Waals surface area contributed by atoms with Crippen LogP contribution >= 0.6 is 0 Å². The molecule has 1 atom stereocenters. The first-order chi connectivity index (χ1) is 22.6. The molecule has 4 rings (SSSR count). The fourth-order valence-electron chi connectivity index (χ4n) is 6.65. The van der Waals surface area contributed by atoms with Crippen molar-refractivity contribution >= 4 is 11.6 Å². The zero-order valence-corrected chi connectivity index (χ0v) is 27.0. The molecule has 0 heterocycles. The molecule has 47 heavy (non-hydrogen) atoms. The first kappa shape index (κ1) is 36.0. The van der Waals surface area contributed by atoms with E-state index in [1.807, 2.05) is 42.5 Å². The Kier molecular flexibility index (Phi) is 13.3. The van der Waals surface area contributed by atoms with Crippen molar-refractivity contribution in [3.05, 3.63) is 106 Å². The highest BCUT2D eigenvalue weighted by Gasteiger charge is 2.44. The average molecular weight is 647 g/mol. The monoisotopic (exact) mass is 646 g/mol. The smallest absolute Gasteiger partial charge is 0.381 e. The van der Waals surface area contributed by atoms with Crippen molar-refractivity contribution < 1.29 is 27.9 Å². The van der Waals surface area contributed by atoms with Gasteiger partial charge in [0.25, 0.3) is 0 Å². The molecule has 0 bridgehead atoms. The Morgan fingerprint density at radius 1 is 0.830 bits per heavy atom. The number of Topliss-reactive ketones (excluding diaryl/α,β-unsaturated/α-hetero) is 2. The summed E-state index contributed by atoms with van der Waals surface area (Å²) in [5, 5.41) is 24.5. The molecule has 1 fully saturated rings. The molecule has 1 aliphatic carbocycles. The third-order valence-corrected chi connectivity index (χ3v) is 9.26. The Bertz CT molecular complexity index is 1510. The zero-order valence-electron chi connectivity index (χ0n) is 27.0. The van der Waals surface area contributed by atoms with Gasteiger partial charge in [-0.25, -0.2) is 0 Å². The minimum absolute atomic E-state index is 0.0749. The van der Waals surface area contributed by atoms with Gasteiger partial charge in [0.1, 0.15) is 11.4 Å². The number of aryl methyl sites for hydroxylation is 1. The second-order valence-corrected chi connectivity index (χ2v) is 12.9. The third-order valence-electron chi connectivity index (χ3n) is 9.26. The van der Waals surface area contributed by atoms with Gasteiger partial charge in [-0.2, -0.15) is 18.4 Å². The van der Waals surface area contributed by atoms with Crippen molar-refractivity contribution in [1.82, 2.24) is 5.32 Å². The van der Waals surface area contributed by atoms with Gasteiger partial charge in [0.15, 0.2) is 5.78 Å². The minimum atomic E-state index is -4.73. The van der Waals surface area contributed by atoms with E-state index >= 15 is 0 Å². The molecule has 0 spiro atoms. The predicted molar refractivity (Wildman–Crippen MR) is 176 cm³/mol. The number of rotatable bonds is 17. The van der Waals surface area contributed by atoms with Crippen LogP contribution in [0.5, 0.6) is 0 Å². The van der Waals surface area contributed by atoms with Crippen molar-refractivity contribution in [2.24, 2.45) is 5.92 Å². The third kappa shape index (κ3) is 10.9. The van der Waals surface area contributed by atoms with Gasteiger partial charge in [-0.15, -0.1) is 0 Å². The number of nitriles is 1. The largest absolute Gasteiger partial charge is 0.417 e. The van der Waals surface area contributed by atoms with Crippen molar-refractivity contribution in [1.29, 1.82) is 5.26 Å². The molecule has 1 saturated carbocycles. The summed E-state index contributed by atoms with van der Waals surface area (Å²) >= 11 is 0. The molecule has 2 N–H and O–H groups in total. The van der Waals surface area contributed by atoms with Gasteiger partial charge in [0.2, 0.25) is 0 Å². The van der Waals surface area contributed by atoms with Crippen molar-refractivity contribution in [3.8, 4) is 6.07 Å². The lowest BCUT2D eigenvalue weighted by Crippen LogP contribution is -2.49. The van der Waals surface area contributed by atoms with Crippen LogP contribution in [0.3, 0.4) is 0 Å². The number of hydrogen-bond acceptors (Lipinski definition) is 5. The van der Waals surface area contributed by atoms with Crippen LogP contribution in [-0.2, 0) is 41.6 Å². The molecule has 0 aliphatic heterocycles. The van der Waals surface area contributed by atoms with Crippen LogP contribution in [0.4, 0.5) is 13.2 Å². The first-order valence-electron chi connectivity index (χ1n) is 16.8. The molecule has 0 saturated heterocycles. The molecule has 1 unspecified atom stereocenters. The van der Waals surface area contributed by atoms with Gasteiger partial charge in [0, 0.05) is 32.2 Å². The summed E-state index contributed by atoms with van der Waals surface area (Å²) in [6.07, 6.45) is 3.91. The lowest BCUT2D eigenvalue weighted by atomic mass is 9.71. The van der Waals surface area contributed by atoms with E-state index < -0.39 is 28.7 Å². The molecule has 3 aromatic carbocycles. The number of ketones is 2. The van der Waals surface area contributed by atoms with Gasteiger partial charge < -0.3 is 10.4 Å². The molecular formula is C39H45F3N2O3. The van der Waals surface area contributed by atoms with E-state index in [-0.39, 0.29) is 30.1 Å². The molecule has 0 radical (unpaired) electrons. The van der Waals surface area contributed by atoms with Gasteiger partial charge in [-0.1, -0.05) is 79.9 Å². The summed E-state index contributed by atoms with van der Waals surface area (Å²) in [7, 11) is 0. The number of benzene rings is 3. The Labute approximate surface area is 276 Å². The molecule has 8 heteroatoms. The Morgan fingerprint density at radius 2 is 1.53 bits per heavy atom. The maximum Gasteiger partial charge on any atom is 0.417 e. The lowest BCUT2D eigenvalue weighted by molar-refractivity contribution is -0.144. The fraction of sp³-hybridized carbons (Fsp3) is 0.462. The Balaban J connectivity index is 1.31. The minimum Gasteiger partial charge on any atom is -0.381 e. The van der Waals surface area contributed by atoms with Gasteiger partial charge in [-0.3, -0.25) is 9.59 Å². The molecule has 0 amide bonds. The standard InChI is InChI=1S/C39H45F3N2O3/c40-39(41,42)36-24-30(20-21-33(36)27-43)25-37(46)38(47,34-16-5-2-6-17-34)26-31-14-9-15-32(23-31)28-44-22-10-19-35(45)18-8-7-13-29-11-3-1-4-12-29/h1,3-4,9,11-12,14-15,20-21,23-24,34,44,47H,2,5-8,10,13,16-19,22,25-26,28H2. The highest BCUT2D eigenvalue weighted by molar-refractivity contribution is 5.89. The van der Waals surface area contributed by atoms with Crippen molar-refractivity contribution in [2.75, 3.05) is 6.54 Å². The van der Waals surface area contributed by atoms with Crippen LogP contribution in [0, 0.1) is 17.2 Å². The van der Waals surface area contributed by atoms with Crippen LogP contribution in [0.15, 0.2) is 72.8 Å². The van der Waals surface area contributed by atoms with Crippen LogP contribution in [0.1, 0.15) is 97.6 Å². The predicted octanol–water partition coefficient (Wildman–Crippen LogP) is 8.09. The van der Waals surface area contributed by atoms with Crippen LogP contribution in [0.25, 0.3) is 0 Å². The summed E-state index contributed by atoms with van der Waals surface area (Å²) < 4.78 is 40.7. The van der Waals surface area contributed by atoms with Crippen molar-refractivity contribution in [2.45, 2.75) is 102 Å². The second kappa shape index (κ2) is 17.4. The number of halogens is 3. The normalized spacial score (nSPS) is 15.1. The van der Waals surface area contributed by atoms with Gasteiger partial charge in [-0.05, 0) is 85.4 Å². The summed E-state index contributed by atoms with van der Waals surface area (Å²) in [6, 6.07) is 22.8. The topological polar surface area (TPSA) is 90.2 Å².